The average Bonchev–Trinajstić information content (AvgIpc) is 2.39. The molecule has 0 radical (unpaired) electrons. The lowest BCUT2D eigenvalue weighted by molar-refractivity contribution is -0.143. The van der Waals surface area contributed by atoms with E-state index in [4.69, 9.17) is 15.9 Å². The Hall–Kier alpha value is -2.14. The number of benzene rings is 1. The normalized spacial score (nSPS) is 14.1. The van der Waals surface area contributed by atoms with Crippen LogP contribution in [0.15, 0.2) is 30.3 Å². The molecule has 0 bridgehead atoms. The van der Waals surface area contributed by atoms with E-state index in [1.807, 2.05) is 37.3 Å². The minimum atomic E-state index is -1.18. The number of carboxylic acid groups (broad SMARTS) is 2. The Morgan fingerprint density at radius 3 is 2.30 bits per heavy atom. The molecule has 1 rings (SSSR count). The van der Waals surface area contributed by atoms with Crippen molar-refractivity contribution in [3.63, 3.8) is 0 Å². The van der Waals surface area contributed by atoms with Gasteiger partial charge in [0.05, 0.1) is 5.92 Å². The molecule has 4 N–H and O–H groups in total. The fourth-order valence-electron chi connectivity index (χ4n) is 1.75. The number of hydrogen-bond acceptors (Lipinski definition) is 3. The van der Waals surface area contributed by atoms with Crippen molar-refractivity contribution in [1.82, 2.24) is 0 Å². The van der Waals surface area contributed by atoms with E-state index in [9.17, 15) is 9.59 Å². The summed E-state index contributed by atoms with van der Waals surface area (Å²) in [6.07, 6.45) is 3.73. The number of hydrogen-bond donors (Lipinski definition) is 3. The highest BCUT2D eigenvalue weighted by atomic mass is 16.4. The quantitative estimate of drug-likeness (QED) is 0.706. The van der Waals surface area contributed by atoms with Gasteiger partial charge in [-0.15, -0.1) is 0 Å². The molecule has 1 aromatic carbocycles. The molecule has 1 aromatic rings. The molecular weight excluding hydrogens is 258 g/mol. The fourth-order valence-corrected chi connectivity index (χ4v) is 1.75. The maximum atomic E-state index is 11.1. The second-order valence-corrected chi connectivity index (χ2v) is 4.76. The summed E-state index contributed by atoms with van der Waals surface area (Å²) in [5.74, 6) is -3.00. The Bertz CT molecular complexity index is 493. The Labute approximate surface area is 117 Å². The first-order chi connectivity index (χ1) is 9.40. The van der Waals surface area contributed by atoms with Gasteiger partial charge in [-0.3, -0.25) is 9.59 Å². The van der Waals surface area contributed by atoms with Gasteiger partial charge in [-0.1, -0.05) is 42.0 Å². The molecule has 0 fully saturated rings. The topological polar surface area (TPSA) is 101 Å². The van der Waals surface area contributed by atoms with Crippen LogP contribution in [0.5, 0.6) is 0 Å². The molecule has 0 aliphatic rings. The van der Waals surface area contributed by atoms with Gasteiger partial charge in [-0.25, -0.2) is 0 Å². The summed E-state index contributed by atoms with van der Waals surface area (Å²) >= 11 is 0. The summed E-state index contributed by atoms with van der Waals surface area (Å²) < 4.78 is 0. The van der Waals surface area contributed by atoms with Crippen LogP contribution < -0.4 is 5.73 Å². The molecule has 5 nitrogen and oxygen atoms in total. The summed E-state index contributed by atoms with van der Waals surface area (Å²) in [7, 11) is 0. The van der Waals surface area contributed by atoms with Crippen LogP contribution in [0.4, 0.5) is 0 Å². The van der Waals surface area contributed by atoms with Crippen molar-refractivity contribution in [2.45, 2.75) is 25.8 Å². The largest absolute Gasteiger partial charge is 0.481 e. The lowest BCUT2D eigenvalue weighted by Crippen LogP contribution is -2.34. The van der Waals surface area contributed by atoms with Gasteiger partial charge in [0.15, 0.2) is 0 Å². The summed E-state index contributed by atoms with van der Waals surface area (Å²) in [6.45, 7) is 1.99. The zero-order chi connectivity index (χ0) is 15.1. The van der Waals surface area contributed by atoms with Crippen LogP contribution in [-0.2, 0) is 9.59 Å². The molecule has 0 aliphatic heterocycles. The van der Waals surface area contributed by atoms with Crippen molar-refractivity contribution in [3.05, 3.63) is 41.5 Å². The summed E-state index contributed by atoms with van der Waals surface area (Å²) in [4.78, 5) is 21.7. The van der Waals surface area contributed by atoms with E-state index in [2.05, 4.69) is 0 Å². The maximum Gasteiger partial charge on any atom is 0.320 e. The molecular formula is C15H19NO4. The third-order valence-corrected chi connectivity index (χ3v) is 3.01. The van der Waals surface area contributed by atoms with Crippen LogP contribution in [0.2, 0.25) is 0 Å². The standard InChI is InChI=1S/C15H19NO4/c1-10-5-7-11(8-6-10)3-2-4-12(14(17)18)9-13(16)15(19)20/h2-3,5-8,12-13H,4,9,16H2,1H3,(H,17,18)(H,19,20)/b3-2+/t12-,13+/m1/s1. The van der Waals surface area contributed by atoms with Crippen LogP contribution in [-0.4, -0.2) is 28.2 Å². The van der Waals surface area contributed by atoms with Crippen LogP contribution in [0.1, 0.15) is 24.0 Å². The van der Waals surface area contributed by atoms with E-state index in [0.29, 0.717) is 0 Å². The number of nitrogens with two attached hydrogens (primary N) is 1. The highest BCUT2D eigenvalue weighted by molar-refractivity contribution is 5.76. The highest BCUT2D eigenvalue weighted by Gasteiger charge is 2.23. The molecule has 5 heteroatoms. The minimum absolute atomic E-state index is 0.0805. The Morgan fingerprint density at radius 2 is 1.80 bits per heavy atom. The highest BCUT2D eigenvalue weighted by Crippen LogP contribution is 2.14. The zero-order valence-corrected chi connectivity index (χ0v) is 11.3. The van der Waals surface area contributed by atoms with E-state index >= 15 is 0 Å². The number of carboxylic acids is 2. The van der Waals surface area contributed by atoms with E-state index in [1.165, 1.54) is 0 Å². The smallest absolute Gasteiger partial charge is 0.320 e. The second kappa shape index (κ2) is 7.45. The molecule has 0 spiro atoms. The van der Waals surface area contributed by atoms with Gasteiger partial charge in [0, 0.05) is 0 Å². The SMILES string of the molecule is Cc1ccc(/C=C/C[C@H](C[C@H](N)C(=O)O)C(=O)O)cc1. The lowest BCUT2D eigenvalue weighted by Gasteiger charge is -2.12. The van der Waals surface area contributed by atoms with Gasteiger partial charge in [-0.2, -0.15) is 0 Å². The molecule has 2 atom stereocenters. The third kappa shape index (κ3) is 5.24. The van der Waals surface area contributed by atoms with Gasteiger partial charge in [0.25, 0.3) is 0 Å². The first-order valence-corrected chi connectivity index (χ1v) is 6.34. The Morgan fingerprint density at radius 1 is 1.20 bits per heavy atom. The van der Waals surface area contributed by atoms with Crippen LogP contribution in [0.3, 0.4) is 0 Å². The molecule has 0 aliphatic carbocycles. The van der Waals surface area contributed by atoms with Crippen LogP contribution in [0.25, 0.3) is 6.08 Å². The average molecular weight is 277 g/mol. The van der Waals surface area contributed by atoms with Crippen molar-refractivity contribution in [2.24, 2.45) is 11.7 Å². The van der Waals surface area contributed by atoms with E-state index < -0.39 is 23.9 Å². The van der Waals surface area contributed by atoms with E-state index in [0.717, 1.165) is 11.1 Å². The van der Waals surface area contributed by atoms with Crippen LogP contribution in [0, 0.1) is 12.8 Å². The molecule has 20 heavy (non-hydrogen) atoms. The number of carbonyl (C=O) groups is 2. The number of allylic oxidation sites excluding steroid dienone is 1. The predicted molar refractivity (Wildman–Crippen MR) is 76.2 cm³/mol. The third-order valence-electron chi connectivity index (χ3n) is 3.01. The lowest BCUT2D eigenvalue weighted by atomic mass is 9.96. The summed E-state index contributed by atoms with van der Waals surface area (Å²) in [5.41, 5.74) is 7.49. The van der Waals surface area contributed by atoms with Crippen LogP contribution >= 0.6 is 0 Å². The zero-order valence-electron chi connectivity index (χ0n) is 11.3. The number of aryl methyl sites for hydroxylation is 1. The summed E-state index contributed by atoms with van der Waals surface area (Å²) in [5, 5.41) is 17.8. The molecule has 0 saturated carbocycles. The Kier molecular flexibility index (Phi) is 5.93. The van der Waals surface area contributed by atoms with E-state index in [1.54, 1.807) is 6.08 Å². The molecule has 0 saturated heterocycles. The first-order valence-electron chi connectivity index (χ1n) is 6.34. The Balaban J connectivity index is 2.60. The molecule has 0 aromatic heterocycles. The maximum absolute atomic E-state index is 11.1. The van der Waals surface area contributed by atoms with Gasteiger partial charge >= 0.3 is 11.9 Å². The van der Waals surface area contributed by atoms with Crippen molar-refractivity contribution >= 4 is 18.0 Å². The first kappa shape index (κ1) is 15.9. The second-order valence-electron chi connectivity index (χ2n) is 4.76. The number of aliphatic carboxylic acids is 2. The monoisotopic (exact) mass is 277 g/mol. The van der Waals surface area contributed by atoms with Gasteiger partial charge in [-0.05, 0) is 25.3 Å². The van der Waals surface area contributed by atoms with Crippen molar-refractivity contribution in [1.29, 1.82) is 0 Å². The van der Waals surface area contributed by atoms with Gasteiger partial charge in [0.1, 0.15) is 6.04 Å². The van der Waals surface area contributed by atoms with Crippen molar-refractivity contribution in [2.75, 3.05) is 0 Å². The van der Waals surface area contributed by atoms with Crippen molar-refractivity contribution < 1.29 is 19.8 Å². The fraction of sp³-hybridized carbons (Fsp3) is 0.333. The molecule has 0 unspecified atom stereocenters. The molecule has 108 valence electrons. The van der Waals surface area contributed by atoms with E-state index in [-0.39, 0.29) is 12.8 Å². The minimum Gasteiger partial charge on any atom is -0.481 e. The molecule has 0 heterocycles. The van der Waals surface area contributed by atoms with Gasteiger partial charge < -0.3 is 15.9 Å². The number of rotatable bonds is 7. The molecule has 0 amide bonds. The summed E-state index contributed by atoms with van der Waals surface area (Å²) in [6, 6.07) is 6.65. The van der Waals surface area contributed by atoms with Crippen molar-refractivity contribution in [3.8, 4) is 0 Å². The van der Waals surface area contributed by atoms with Gasteiger partial charge in [0.2, 0.25) is 0 Å². The predicted octanol–water partition coefficient (Wildman–Crippen LogP) is 1.90.